The van der Waals surface area contributed by atoms with Crippen LogP contribution in [0, 0.1) is 6.92 Å². The predicted octanol–water partition coefficient (Wildman–Crippen LogP) is 3.38. The van der Waals surface area contributed by atoms with E-state index in [4.69, 9.17) is 4.74 Å². The van der Waals surface area contributed by atoms with Gasteiger partial charge in [-0.2, -0.15) is 17.5 Å². The molecular formula is C23H18F3N3O5S. The zero-order valence-electron chi connectivity index (χ0n) is 18.3. The number of nitrogens with zero attached hydrogens (tertiary/aromatic N) is 3. The Morgan fingerprint density at radius 2 is 1.63 bits per heavy atom. The fraction of sp³-hybridized carbons (Fsp3) is 0.261. The molecule has 0 N–H and O–H groups in total. The minimum absolute atomic E-state index is 0.0743. The highest BCUT2D eigenvalue weighted by Gasteiger charge is 2.44. The van der Waals surface area contributed by atoms with Gasteiger partial charge in [-0.1, -0.05) is 12.1 Å². The fourth-order valence-corrected chi connectivity index (χ4v) is 5.82. The summed E-state index contributed by atoms with van der Waals surface area (Å²) < 4.78 is 73.7. The van der Waals surface area contributed by atoms with Crippen LogP contribution >= 0.6 is 0 Å². The highest BCUT2D eigenvalue weighted by atomic mass is 32.2. The van der Waals surface area contributed by atoms with E-state index in [9.17, 15) is 31.2 Å². The Kier molecular flexibility index (Phi) is 5.42. The van der Waals surface area contributed by atoms with Gasteiger partial charge in [0.2, 0.25) is 10.0 Å². The molecule has 5 rings (SSSR count). The summed E-state index contributed by atoms with van der Waals surface area (Å²) in [6, 6.07) is 8.30. The van der Waals surface area contributed by atoms with Gasteiger partial charge in [-0.05, 0) is 37.3 Å². The number of pyridine rings is 1. The average molecular weight is 505 g/mol. The maximum atomic E-state index is 13.6. The average Bonchev–Trinajstić information content (AvgIpc) is 3.09. The lowest BCUT2D eigenvalue weighted by molar-refractivity contribution is -0.137. The molecule has 182 valence electrons. The summed E-state index contributed by atoms with van der Waals surface area (Å²) in [7, 11) is -3.94. The largest absolute Gasteiger partial charge is 0.418 e. The zero-order valence-corrected chi connectivity index (χ0v) is 19.1. The first kappa shape index (κ1) is 23.4. The number of hydrogen-bond donors (Lipinski definition) is 0. The van der Waals surface area contributed by atoms with E-state index < -0.39 is 39.3 Å². The number of aromatic nitrogens is 1. The minimum Gasteiger partial charge on any atom is -0.379 e. The predicted molar refractivity (Wildman–Crippen MR) is 119 cm³/mol. The Hall–Kier alpha value is -3.35. The van der Waals surface area contributed by atoms with Crippen molar-refractivity contribution in [3.8, 4) is 0 Å². The smallest absolute Gasteiger partial charge is 0.379 e. The van der Waals surface area contributed by atoms with E-state index in [1.165, 1.54) is 35.5 Å². The number of fused-ring (bicyclic) bond motifs is 3. The van der Waals surface area contributed by atoms with Gasteiger partial charge in [0.1, 0.15) is 0 Å². The number of benzene rings is 2. The SMILES string of the molecule is Cc1nc2ccc(S(=O)(=O)N3CCOCC3)cc2c2c1C(=O)N(c1ccccc1C(F)(F)F)C2=O. The number of carbonyl (C=O) groups excluding carboxylic acids is 2. The van der Waals surface area contributed by atoms with Crippen LogP contribution in [0.15, 0.2) is 47.4 Å². The van der Waals surface area contributed by atoms with Gasteiger partial charge in [0.25, 0.3) is 11.8 Å². The molecule has 0 aliphatic carbocycles. The fourth-order valence-electron chi connectivity index (χ4n) is 4.39. The van der Waals surface area contributed by atoms with Crippen LogP contribution in [0.1, 0.15) is 32.0 Å². The number of sulfonamides is 1. The molecule has 0 radical (unpaired) electrons. The Bertz CT molecular complexity index is 1500. The molecule has 0 saturated carbocycles. The molecule has 8 nitrogen and oxygen atoms in total. The molecule has 3 heterocycles. The molecule has 0 atom stereocenters. The van der Waals surface area contributed by atoms with Crippen molar-refractivity contribution < 1.29 is 35.9 Å². The van der Waals surface area contributed by atoms with Crippen molar-refractivity contribution in [2.45, 2.75) is 18.0 Å². The Morgan fingerprint density at radius 3 is 2.31 bits per heavy atom. The molecule has 2 aliphatic rings. The Labute approximate surface area is 198 Å². The first-order valence-electron chi connectivity index (χ1n) is 10.6. The van der Waals surface area contributed by atoms with Gasteiger partial charge in [0, 0.05) is 18.5 Å². The lowest BCUT2D eigenvalue weighted by Crippen LogP contribution is -2.40. The van der Waals surface area contributed by atoms with Crippen LogP contribution in [0.2, 0.25) is 0 Å². The van der Waals surface area contributed by atoms with Crippen LogP contribution in [0.25, 0.3) is 10.9 Å². The Balaban J connectivity index is 1.69. The van der Waals surface area contributed by atoms with Gasteiger partial charge in [-0.3, -0.25) is 14.6 Å². The van der Waals surface area contributed by atoms with Crippen LogP contribution in [0.5, 0.6) is 0 Å². The molecule has 3 aromatic rings. The van der Waals surface area contributed by atoms with Crippen molar-refractivity contribution in [2.75, 3.05) is 31.2 Å². The molecule has 2 amide bonds. The molecule has 12 heteroatoms. The summed E-state index contributed by atoms with van der Waals surface area (Å²) >= 11 is 0. The van der Waals surface area contributed by atoms with Crippen molar-refractivity contribution in [1.29, 1.82) is 0 Å². The van der Waals surface area contributed by atoms with Gasteiger partial charge < -0.3 is 4.74 Å². The Morgan fingerprint density at radius 1 is 0.971 bits per heavy atom. The normalized spacial score (nSPS) is 17.3. The van der Waals surface area contributed by atoms with Gasteiger partial charge in [0.05, 0.1) is 51.7 Å². The number of amides is 2. The number of halogens is 3. The number of morpholine rings is 1. The second-order valence-corrected chi connectivity index (χ2v) is 10.0. The van der Waals surface area contributed by atoms with Crippen molar-refractivity contribution >= 4 is 38.4 Å². The summed E-state index contributed by atoms with van der Waals surface area (Å²) in [5, 5.41) is 0.0743. The summed E-state index contributed by atoms with van der Waals surface area (Å²) in [6.07, 6.45) is -4.80. The topological polar surface area (TPSA) is 96.9 Å². The second kappa shape index (κ2) is 8.11. The number of imide groups is 1. The highest BCUT2D eigenvalue weighted by Crippen LogP contribution is 2.41. The molecule has 1 fully saturated rings. The van der Waals surface area contributed by atoms with Crippen LogP contribution in [-0.4, -0.2) is 55.8 Å². The maximum Gasteiger partial charge on any atom is 0.418 e. The molecular weight excluding hydrogens is 487 g/mol. The number of ether oxygens (including phenoxy) is 1. The lowest BCUT2D eigenvalue weighted by atomic mass is 10.0. The van der Waals surface area contributed by atoms with Crippen LogP contribution in [-0.2, 0) is 20.9 Å². The van der Waals surface area contributed by atoms with Crippen molar-refractivity contribution in [2.24, 2.45) is 0 Å². The van der Waals surface area contributed by atoms with E-state index in [2.05, 4.69) is 4.98 Å². The minimum atomic E-state index is -4.80. The highest BCUT2D eigenvalue weighted by molar-refractivity contribution is 7.89. The lowest BCUT2D eigenvalue weighted by Gasteiger charge is -2.26. The summed E-state index contributed by atoms with van der Waals surface area (Å²) in [5.41, 5.74) is -1.67. The number of rotatable bonds is 3. The first-order chi connectivity index (χ1) is 16.5. The third-order valence-electron chi connectivity index (χ3n) is 6.03. The van der Waals surface area contributed by atoms with Gasteiger partial charge in [0.15, 0.2) is 0 Å². The van der Waals surface area contributed by atoms with Crippen LogP contribution < -0.4 is 4.90 Å². The van der Waals surface area contributed by atoms with E-state index in [1.807, 2.05) is 0 Å². The molecule has 1 saturated heterocycles. The summed E-state index contributed by atoms with van der Waals surface area (Å²) in [5.74, 6) is -1.92. The number of para-hydroxylation sites is 1. The van der Waals surface area contributed by atoms with E-state index in [0.717, 1.165) is 18.2 Å². The number of hydrogen-bond acceptors (Lipinski definition) is 6. The molecule has 1 aromatic heterocycles. The van der Waals surface area contributed by atoms with E-state index in [0.29, 0.717) is 4.90 Å². The maximum absolute atomic E-state index is 13.6. The summed E-state index contributed by atoms with van der Waals surface area (Å²) in [6.45, 7) is 2.27. The molecule has 0 bridgehead atoms. The van der Waals surface area contributed by atoms with E-state index >= 15 is 0 Å². The number of carbonyl (C=O) groups is 2. The van der Waals surface area contributed by atoms with Crippen LogP contribution in [0.3, 0.4) is 0 Å². The van der Waals surface area contributed by atoms with Gasteiger partial charge >= 0.3 is 6.18 Å². The number of anilines is 1. The van der Waals surface area contributed by atoms with Gasteiger partial charge in [-0.25, -0.2) is 13.3 Å². The molecule has 0 spiro atoms. The van der Waals surface area contributed by atoms with Crippen molar-refractivity contribution in [3.05, 3.63) is 64.8 Å². The van der Waals surface area contributed by atoms with Crippen LogP contribution in [0.4, 0.5) is 18.9 Å². The molecule has 0 unspecified atom stereocenters. The zero-order chi connectivity index (χ0) is 25.1. The molecule has 35 heavy (non-hydrogen) atoms. The quantitative estimate of drug-likeness (QED) is 0.507. The summed E-state index contributed by atoms with van der Waals surface area (Å²) in [4.78, 5) is 31.4. The van der Waals surface area contributed by atoms with E-state index in [-0.39, 0.29) is 58.9 Å². The standard InChI is InChI=1S/C23H18F3N3O5S/c1-13-19-20(22(31)29(21(19)30)18-5-3-2-4-16(18)23(24,25)26)15-12-14(6-7-17(15)27-13)35(32,33)28-8-10-34-11-9-28/h2-7,12H,8-11H2,1H3. The van der Waals surface area contributed by atoms with E-state index in [1.54, 1.807) is 0 Å². The van der Waals surface area contributed by atoms with Crippen molar-refractivity contribution in [3.63, 3.8) is 0 Å². The third-order valence-corrected chi connectivity index (χ3v) is 7.92. The second-order valence-electron chi connectivity index (χ2n) is 8.10. The first-order valence-corrected chi connectivity index (χ1v) is 12.0. The monoisotopic (exact) mass is 505 g/mol. The molecule has 2 aliphatic heterocycles. The molecule has 2 aromatic carbocycles. The van der Waals surface area contributed by atoms with Gasteiger partial charge in [-0.15, -0.1) is 0 Å². The number of alkyl halides is 3. The third kappa shape index (κ3) is 3.68. The van der Waals surface area contributed by atoms with Crippen molar-refractivity contribution in [1.82, 2.24) is 9.29 Å². The number of aryl methyl sites for hydroxylation is 1.